The molecular weight excluding hydrogens is 248 g/mol. The van der Waals surface area contributed by atoms with Crippen molar-refractivity contribution in [2.24, 2.45) is 4.99 Å². The monoisotopic (exact) mass is 280 g/mol. The van der Waals surface area contributed by atoms with Gasteiger partial charge in [0.15, 0.2) is 5.96 Å². The fourth-order valence-corrected chi connectivity index (χ4v) is 3.09. The molecule has 0 aromatic heterocycles. The zero-order chi connectivity index (χ0) is 14.2. The first kappa shape index (κ1) is 15.6. The number of guanidine groups is 1. The zero-order valence-corrected chi connectivity index (χ0v) is 13.3. The summed E-state index contributed by atoms with van der Waals surface area (Å²) in [6.07, 6.45) is 9.50. The molecule has 4 nitrogen and oxygen atoms in total. The summed E-state index contributed by atoms with van der Waals surface area (Å²) in [6, 6.07) is 1.48. The van der Waals surface area contributed by atoms with Gasteiger partial charge in [-0.15, -0.1) is 0 Å². The van der Waals surface area contributed by atoms with Crippen molar-refractivity contribution in [2.75, 3.05) is 26.2 Å². The van der Waals surface area contributed by atoms with E-state index >= 15 is 0 Å². The van der Waals surface area contributed by atoms with Crippen LogP contribution >= 0.6 is 0 Å². The van der Waals surface area contributed by atoms with Gasteiger partial charge in [-0.25, -0.2) is 0 Å². The van der Waals surface area contributed by atoms with Gasteiger partial charge in [0.1, 0.15) is 0 Å². The molecule has 0 unspecified atom stereocenters. The van der Waals surface area contributed by atoms with Crippen LogP contribution < -0.4 is 10.6 Å². The van der Waals surface area contributed by atoms with Crippen molar-refractivity contribution in [3.8, 4) is 0 Å². The molecule has 2 saturated carbocycles. The second kappa shape index (κ2) is 8.50. The lowest BCUT2D eigenvalue weighted by atomic mass is 9.96. The topological polar surface area (TPSA) is 39.7 Å². The molecule has 4 heteroatoms. The summed E-state index contributed by atoms with van der Waals surface area (Å²) >= 11 is 0. The molecule has 2 fully saturated rings. The van der Waals surface area contributed by atoms with Crippen molar-refractivity contribution in [3.05, 3.63) is 0 Å². The molecule has 2 aliphatic rings. The smallest absolute Gasteiger partial charge is 0.191 e. The van der Waals surface area contributed by atoms with Crippen molar-refractivity contribution in [3.63, 3.8) is 0 Å². The lowest BCUT2D eigenvalue weighted by Crippen LogP contribution is -2.44. The number of likely N-dealkylation sites (N-methyl/N-ethyl adjacent to an activating group) is 1. The maximum Gasteiger partial charge on any atom is 0.191 e. The largest absolute Gasteiger partial charge is 0.357 e. The molecule has 0 aromatic rings. The average molecular weight is 280 g/mol. The van der Waals surface area contributed by atoms with Crippen molar-refractivity contribution in [2.45, 2.75) is 70.9 Å². The Balaban J connectivity index is 1.75. The molecule has 2 rings (SSSR count). The summed E-state index contributed by atoms with van der Waals surface area (Å²) in [5, 5.41) is 7.00. The Hall–Kier alpha value is -0.770. The molecule has 0 radical (unpaired) electrons. The summed E-state index contributed by atoms with van der Waals surface area (Å²) in [5.74, 6) is 1.02. The average Bonchev–Trinajstić information content (AvgIpc) is 3.29. The lowest BCUT2D eigenvalue weighted by molar-refractivity contribution is 0.286. The van der Waals surface area contributed by atoms with Gasteiger partial charge in [0.2, 0.25) is 0 Å². The fourth-order valence-electron chi connectivity index (χ4n) is 3.09. The molecule has 2 N–H and O–H groups in total. The molecule has 0 heterocycles. The minimum absolute atomic E-state index is 0.632. The van der Waals surface area contributed by atoms with E-state index in [2.05, 4.69) is 29.4 Å². The third-order valence-electron chi connectivity index (χ3n) is 4.42. The second-order valence-corrected chi connectivity index (χ2v) is 6.10. The Bertz CT molecular complexity index is 293. The van der Waals surface area contributed by atoms with Crippen LogP contribution in [0.2, 0.25) is 0 Å². The van der Waals surface area contributed by atoms with E-state index in [0.717, 1.165) is 38.2 Å². The van der Waals surface area contributed by atoms with E-state index in [0.29, 0.717) is 6.04 Å². The van der Waals surface area contributed by atoms with Gasteiger partial charge in [-0.1, -0.05) is 26.2 Å². The van der Waals surface area contributed by atoms with Crippen LogP contribution in [0.25, 0.3) is 0 Å². The van der Waals surface area contributed by atoms with Gasteiger partial charge in [-0.3, -0.25) is 9.89 Å². The van der Waals surface area contributed by atoms with Gasteiger partial charge in [-0.2, -0.15) is 0 Å². The fraction of sp³-hybridized carbons (Fsp3) is 0.938. The van der Waals surface area contributed by atoms with Crippen LogP contribution in [0, 0.1) is 0 Å². The molecule has 0 aromatic carbocycles. The van der Waals surface area contributed by atoms with Crippen molar-refractivity contribution in [1.82, 2.24) is 15.5 Å². The summed E-state index contributed by atoms with van der Waals surface area (Å²) in [6.45, 7) is 8.51. The van der Waals surface area contributed by atoms with Gasteiger partial charge in [0, 0.05) is 25.2 Å². The SMILES string of the molecule is CCNC(=NCCN(CC)C1CC1)NC1CCCCC1. The van der Waals surface area contributed by atoms with Crippen molar-refractivity contribution < 1.29 is 0 Å². The zero-order valence-electron chi connectivity index (χ0n) is 13.3. The van der Waals surface area contributed by atoms with Gasteiger partial charge in [-0.05, 0) is 39.2 Å². The molecule has 20 heavy (non-hydrogen) atoms. The molecule has 0 bridgehead atoms. The van der Waals surface area contributed by atoms with Crippen LogP contribution in [0.15, 0.2) is 4.99 Å². The Labute approximate surface area is 124 Å². The predicted octanol–water partition coefficient (Wildman–Crippen LogP) is 2.36. The summed E-state index contributed by atoms with van der Waals surface area (Å²) in [5.41, 5.74) is 0. The van der Waals surface area contributed by atoms with Gasteiger partial charge in [0.25, 0.3) is 0 Å². The van der Waals surface area contributed by atoms with Crippen LogP contribution in [0.4, 0.5) is 0 Å². The van der Waals surface area contributed by atoms with Crippen LogP contribution in [0.3, 0.4) is 0 Å². The highest BCUT2D eigenvalue weighted by Crippen LogP contribution is 2.25. The minimum Gasteiger partial charge on any atom is -0.357 e. The third-order valence-corrected chi connectivity index (χ3v) is 4.42. The van der Waals surface area contributed by atoms with Gasteiger partial charge >= 0.3 is 0 Å². The van der Waals surface area contributed by atoms with Crippen LogP contribution in [-0.2, 0) is 0 Å². The molecular formula is C16H32N4. The maximum absolute atomic E-state index is 4.76. The van der Waals surface area contributed by atoms with E-state index in [9.17, 15) is 0 Å². The Morgan fingerprint density at radius 1 is 1.10 bits per heavy atom. The first-order chi connectivity index (χ1) is 9.83. The van der Waals surface area contributed by atoms with Gasteiger partial charge < -0.3 is 10.6 Å². The lowest BCUT2D eigenvalue weighted by Gasteiger charge is -2.25. The van der Waals surface area contributed by atoms with Crippen LogP contribution in [0.1, 0.15) is 58.8 Å². The Kier molecular flexibility index (Phi) is 6.64. The standard InChI is InChI=1S/C16H32N4/c1-3-17-16(19-14-8-6-5-7-9-14)18-12-13-20(4-2)15-10-11-15/h14-15H,3-13H2,1-2H3,(H2,17,18,19). The number of nitrogens with one attached hydrogen (secondary N) is 2. The third kappa shape index (κ3) is 5.31. The number of aliphatic imine (C=N–C) groups is 1. The quantitative estimate of drug-likeness (QED) is 0.555. The number of nitrogens with zero attached hydrogens (tertiary/aromatic N) is 2. The van der Waals surface area contributed by atoms with E-state index in [1.807, 2.05) is 0 Å². The van der Waals surface area contributed by atoms with Crippen LogP contribution in [0.5, 0.6) is 0 Å². The van der Waals surface area contributed by atoms with Crippen molar-refractivity contribution >= 4 is 5.96 Å². The molecule has 116 valence electrons. The number of hydrogen-bond donors (Lipinski definition) is 2. The molecule has 0 spiro atoms. The number of rotatable bonds is 7. The van der Waals surface area contributed by atoms with Gasteiger partial charge in [0.05, 0.1) is 6.54 Å². The minimum atomic E-state index is 0.632. The molecule has 0 saturated heterocycles. The Morgan fingerprint density at radius 3 is 2.45 bits per heavy atom. The Morgan fingerprint density at radius 2 is 1.85 bits per heavy atom. The van der Waals surface area contributed by atoms with E-state index in [1.54, 1.807) is 0 Å². The van der Waals surface area contributed by atoms with E-state index in [-0.39, 0.29) is 0 Å². The predicted molar refractivity (Wildman–Crippen MR) is 86.3 cm³/mol. The highest BCUT2D eigenvalue weighted by molar-refractivity contribution is 5.80. The summed E-state index contributed by atoms with van der Waals surface area (Å²) in [7, 11) is 0. The van der Waals surface area contributed by atoms with E-state index < -0.39 is 0 Å². The first-order valence-electron chi connectivity index (χ1n) is 8.62. The highest BCUT2D eigenvalue weighted by Gasteiger charge is 2.27. The van der Waals surface area contributed by atoms with E-state index in [4.69, 9.17) is 4.99 Å². The normalized spacial score (nSPS) is 21.2. The molecule has 0 atom stereocenters. The maximum atomic E-state index is 4.76. The molecule has 0 aliphatic heterocycles. The van der Waals surface area contributed by atoms with Crippen molar-refractivity contribution in [1.29, 1.82) is 0 Å². The summed E-state index contributed by atoms with van der Waals surface area (Å²) in [4.78, 5) is 7.32. The second-order valence-electron chi connectivity index (χ2n) is 6.10. The first-order valence-corrected chi connectivity index (χ1v) is 8.62. The van der Waals surface area contributed by atoms with E-state index in [1.165, 1.54) is 44.9 Å². The highest BCUT2D eigenvalue weighted by atomic mass is 15.2. The molecule has 0 amide bonds. The molecule has 2 aliphatic carbocycles. The number of hydrogen-bond acceptors (Lipinski definition) is 2. The summed E-state index contributed by atoms with van der Waals surface area (Å²) < 4.78 is 0. The van der Waals surface area contributed by atoms with Crippen LogP contribution in [-0.4, -0.2) is 49.1 Å².